The molecule has 1 heterocycles. The molecule has 12 heteroatoms. The number of esters is 1. The zero-order chi connectivity index (χ0) is 24.0. The minimum Gasteiger partial charge on any atom is -0.455 e. The molecule has 1 N–H and O–H groups in total. The van der Waals surface area contributed by atoms with Crippen molar-refractivity contribution in [1.82, 2.24) is 4.31 Å². The third-order valence-corrected chi connectivity index (χ3v) is 6.87. The molecule has 176 valence electrons. The summed E-state index contributed by atoms with van der Waals surface area (Å²) < 4.78 is 37.1. The molecular formula is C21H23N3O8S. The lowest BCUT2D eigenvalue weighted by atomic mass is 10.1. The second kappa shape index (κ2) is 10.5. The number of rotatable bonds is 8. The highest BCUT2D eigenvalue weighted by Gasteiger charge is 2.27. The number of carbonyl (C=O) groups excluding carboxylic acids is 2. The number of benzene rings is 2. The summed E-state index contributed by atoms with van der Waals surface area (Å²) in [6.07, 6.45) is -0.364. The van der Waals surface area contributed by atoms with Gasteiger partial charge in [-0.15, -0.1) is 0 Å². The van der Waals surface area contributed by atoms with E-state index in [9.17, 15) is 28.1 Å². The highest BCUT2D eigenvalue weighted by Crippen LogP contribution is 2.24. The lowest BCUT2D eigenvalue weighted by Crippen LogP contribution is -2.40. The number of hydrogen-bond acceptors (Lipinski definition) is 8. The maximum atomic E-state index is 12.8. The van der Waals surface area contributed by atoms with E-state index in [2.05, 4.69) is 5.32 Å². The van der Waals surface area contributed by atoms with E-state index in [0.717, 1.165) is 0 Å². The van der Waals surface area contributed by atoms with Crippen LogP contribution >= 0.6 is 0 Å². The molecule has 1 aliphatic rings. The van der Waals surface area contributed by atoms with Crippen molar-refractivity contribution in [3.8, 4) is 0 Å². The minimum absolute atomic E-state index is 0.0266. The Morgan fingerprint density at radius 3 is 2.58 bits per heavy atom. The van der Waals surface area contributed by atoms with Crippen molar-refractivity contribution in [2.45, 2.75) is 18.2 Å². The van der Waals surface area contributed by atoms with Crippen LogP contribution in [0.4, 0.5) is 11.4 Å². The summed E-state index contributed by atoms with van der Waals surface area (Å²) in [5.74, 6) is -1.48. The van der Waals surface area contributed by atoms with Gasteiger partial charge in [-0.2, -0.15) is 4.31 Å². The molecule has 0 aromatic heterocycles. The topological polar surface area (TPSA) is 145 Å². The van der Waals surface area contributed by atoms with Crippen molar-refractivity contribution in [1.29, 1.82) is 0 Å². The van der Waals surface area contributed by atoms with E-state index < -0.39 is 33.4 Å². The van der Waals surface area contributed by atoms with Gasteiger partial charge in [0.15, 0.2) is 6.61 Å². The number of nitro groups is 1. The number of nitrogens with zero attached hydrogens (tertiary/aromatic N) is 2. The standard InChI is InChI=1S/C21H23N3O8S/c1-15-6-7-17(33(29,30)23-8-10-31-11-9-23)13-18(15)22-20(25)14-32-21(26)12-16-4-2-3-5-19(16)24(27)28/h2-7,13H,8-12,14H2,1H3,(H,22,25). The molecule has 1 aliphatic heterocycles. The van der Waals surface area contributed by atoms with Crippen LogP contribution in [0.2, 0.25) is 0 Å². The number of hydrogen-bond donors (Lipinski definition) is 1. The van der Waals surface area contributed by atoms with Crippen LogP contribution in [-0.2, 0) is 35.5 Å². The molecule has 0 bridgehead atoms. The summed E-state index contributed by atoms with van der Waals surface area (Å²) in [5.41, 5.74) is 0.845. The lowest BCUT2D eigenvalue weighted by Gasteiger charge is -2.26. The first kappa shape index (κ1) is 24.3. The van der Waals surface area contributed by atoms with Crippen molar-refractivity contribution in [3.63, 3.8) is 0 Å². The van der Waals surface area contributed by atoms with Crippen LogP contribution in [0, 0.1) is 17.0 Å². The summed E-state index contributed by atoms with van der Waals surface area (Å²) >= 11 is 0. The minimum atomic E-state index is -3.75. The third-order valence-electron chi connectivity index (χ3n) is 4.98. The zero-order valence-corrected chi connectivity index (χ0v) is 18.7. The van der Waals surface area contributed by atoms with Gasteiger partial charge in [0.25, 0.3) is 11.6 Å². The first-order valence-corrected chi connectivity index (χ1v) is 11.5. The van der Waals surface area contributed by atoms with Gasteiger partial charge < -0.3 is 14.8 Å². The molecule has 2 aromatic carbocycles. The summed E-state index contributed by atoms with van der Waals surface area (Å²) in [7, 11) is -3.75. The lowest BCUT2D eigenvalue weighted by molar-refractivity contribution is -0.385. The molecule has 0 atom stereocenters. The molecule has 11 nitrogen and oxygen atoms in total. The van der Waals surface area contributed by atoms with E-state index >= 15 is 0 Å². The average molecular weight is 477 g/mol. The van der Waals surface area contributed by atoms with Gasteiger partial charge in [0.1, 0.15) is 0 Å². The number of sulfonamides is 1. The monoisotopic (exact) mass is 477 g/mol. The number of ether oxygens (including phenoxy) is 2. The van der Waals surface area contributed by atoms with E-state index in [0.29, 0.717) is 18.8 Å². The molecule has 33 heavy (non-hydrogen) atoms. The van der Waals surface area contributed by atoms with Crippen molar-refractivity contribution >= 4 is 33.3 Å². The second-order valence-corrected chi connectivity index (χ2v) is 9.20. The Labute approximate surface area is 190 Å². The van der Waals surface area contributed by atoms with Crippen molar-refractivity contribution in [2.24, 2.45) is 0 Å². The predicted octanol–water partition coefficient (Wildman–Crippen LogP) is 1.65. The average Bonchev–Trinajstić information content (AvgIpc) is 2.80. The van der Waals surface area contributed by atoms with Crippen molar-refractivity contribution in [2.75, 3.05) is 38.2 Å². The van der Waals surface area contributed by atoms with E-state index in [4.69, 9.17) is 9.47 Å². The molecule has 0 saturated carbocycles. The summed E-state index contributed by atoms with van der Waals surface area (Å²) in [6, 6.07) is 10.1. The van der Waals surface area contributed by atoms with Crippen LogP contribution in [-0.4, -0.2) is 62.4 Å². The largest absolute Gasteiger partial charge is 0.455 e. The number of morpholine rings is 1. The summed E-state index contributed by atoms with van der Waals surface area (Å²) in [5, 5.41) is 13.6. The van der Waals surface area contributed by atoms with Crippen LogP contribution in [0.1, 0.15) is 11.1 Å². The van der Waals surface area contributed by atoms with Gasteiger partial charge in [0.2, 0.25) is 10.0 Å². The van der Waals surface area contributed by atoms with Gasteiger partial charge in [-0.3, -0.25) is 19.7 Å². The molecule has 1 saturated heterocycles. The molecule has 0 unspecified atom stereocenters. The summed E-state index contributed by atoms with van der Waals surface area (Å²) in [6.45, 7) is 2.18. The Morgan fingerprint density at radius 1 is 1.18 bits per heavy atom. The molecule has 1 fully saturated rings. The molecular weight excluding hydrogens is 454 g/mol. The number of carbonyl (C=O) groups is 2. The fourth-order valence-corrected chi connectivity index (χ4v) is 4.64. The number of anilines is 1. The van der Waals surface area contributed by atoms with Crippen molar-refractivity contribution in [3.05, 3.63) is 63.7 Å². The number of nitrogens with one attached hydrogen (secondary N) is 1. The van der Waals surface area contributed by atoms with Crippen LogP contribution in [0.3, 0.4) is 0 Å². The Kier molecular flexibility index (Phi) is 7.74. The van der Waals surface area contributed by atoms with E-state index in [1.807, 2.05) is 0 Å². The number of aryl methyl sites for hydroxylation is 1. The van der Waals surface area contributed by atoms with E-state index in [-0.39, 0.29) is 41.3 Å². The zero-order valence-electron chi connectivity index (χ0n) is 17.9. The maximum absolute atomic E-state index is 12.8. The molecule has 0 radical (unpaired) electrons. The van der Waals surface area contributed by atoms with Crippen LogP contribution in [0.25, 0.3) is 0 Å². The molecule has 0 aliphatic carbocycles. The van der Waals surface area contributed by atoms with Gasteiger partial charge in [-0.1, -0.05) is 24.3 Å². The Bertz CT molecular complexity index is 1160. The molecule has 3 rings (SSSR count). The third kappa shape index (κ3) is 6.12. The first-order chi connectivity index (χ1) is 15.7. The fourth-order valence-electron chi connectivity index (χ4n) is 3.21. The van der Waals surface area contributed by atoms with Gasteiger partial charge in [-0.05, 0) is 24.6 Å². The number of amides is 1. The van der Waals surface area contributed by atoms with Gasteiger partial charge in [0, 0.05) is 30.4 Å². The van der Waals surface area contributed by atoms with E-state index in [1.54, 1.807) is 19.1 Å². The number of para-hydroxylation sites is 1. The van der Waals surface area contributed by atoms with E-state index in [1.165, 1.54) is 34.6 Å². The van der Waals surface area contributed by atoms with Crippen LogP contribution in [0.5, 0.6) is 0 Å². The number of nitro benzene ring substituents is 1. The van der Waals surface area contributed by atoms with Crippen LogP contribution in [0.15, 0.2) is 47.4 Å². The molecule has 0 spiro atoms. The van der Waals surface area contributed by atoms with Gasteiger partial charge in [0.05, 0.1) is 29.5 Å². The first-order valence-electron chi connectivity index (χ1n) is 10.0. The van der Waals surface area contributed by atoms with Crippen molar-refractivity contribution < 1.29 is 32.4 Å². The van der Waals surface area contributed by atoms with Gasteiger partial charge >= 0.3 is 5.97 Å². The Morgan fingerprint density at radius 2 is 1.88 bits per heavy atom. The Balaban J connectivity index is 1.62. The molecule has 1 amide bonds. The maximum Gasteiger partial charge on any atom is 0.311 e. The SMILES string of the molecule is Cc1ccc(S(=O)(=O)N2CCOCC2)cc1NC(=O)COC(=O)Cc1ccccc1[N+](=O)[O-]. The summed E-state index contributed by atoms with van der Waals surface area (Å²) in [4.78, 5) is 34.8. The highest BCUT2D eigenvalue weighted by atomic mass is 32.2. The Hall–Kier alpha value is -3.35. The normalized spacial score (nSPS) is 14.5. The smallest absolute Gasteiger partial charge is 0.311 e. The highest BCUT2D eigenvalue weighted by molar-refractivity contribution is 7.89. The molecule has 2 aromatic rings. The fraction of sp³-hybridized carbons (Fsp3) is 0.333. The van der Waals surface area contributed by atoms with Gasteiger partial charge in [-0.25, -0.2) is 8.42 Å². The predicted molar refractivity (Wildman–Crippen MR) is 117 cm³/mol. The quantitative estimate of drug-likeness (QED) is 0.343. The second-order valence-electron chi connectivity index (χ2n) is 7.26. The van der Waals surface area contributed by atoms with Crippen LogP contribution < -0.4 is 5.32 Å².